The van der Waals surface area contributed by atoms with Crippen molar-refractivity contribution in [3.05, 3.63) is 53.6 Å². The van der Waals surface area contributed by atoms with E-state index in [2.05, 4.69) is 10.6 Å². The quantitative estimate of drug-likeness (QED) is 0.802. The van der Waals surface area contributed by atoms with E-state index >= 15 is 0 Å². The normalized spacial score (nSPS) is 16.7. The van der Waals surface area contributed by atoms with Gasteiger partial charge in [-0.3, -0.25) is 4.79 Å². The summed E-state index contributed by atoms with van der Waals surface area (Å²) in [5.41, 5.74) is 3.94. The van der Waals surface area contributed by atoms with Crippen LogP contribution in [0.1, 0.15) is 17.5 Å². The molecule has 0 radical (unpaired) electrons. The molecule has 0 aromatic heterocycles. The smallest absolute Gasteiger partial charge is 0.319 e. The molecule has 2 aromatic rings. The largest absolute Gasteiger partial charge is 0.326 e. The van der Waals surface area contributed by atoms with Gasteiger partial charge in [0.25, 0.3) is 0 Å². The van der Waals surface area contributed by atoms with Gasteiger partial charge in [-0.15, -0.1) is 11.8 Å². The second-order valence-corrected chi connectivity index (χ2v) is 7.31. The zero-order valence-electron chi connectivity index (χ0n) is 15.2. The van der Waals surface area contributed by atoms with E-state index < -0.39 is 6.04 Å². The predicted molar refractivity (Wildman–Crippen MR) is 107 cm³/mol. The molecule has 1 aliphatic heterocycles. The van der Waals surface area contributed by atoms with Crippen LogP contribution in [0.15, 0.2) is 47.4 Å². The molecule has 2 N–H and O–H groups in total. The van der Waals surface area contributed by atoms with Gasteiger partial charge in [-0.2, -0.15) is 0 Å². The Hall–Kier alpha value is -2.47. The van der Waals surface area contributed by atoms with Crippen LogP contribution in [0.5, 0.6) is 0 Å². The van der Waals surface area contributed by atoms with E-state index in [9.17, 15) is 9.59 Å². The molecular weight excluding hydrogens is 346 g/mol. The van der Waals surface area contributed by atoms with Gasteiger partial charge in [-0.1, -0.05) is 6.07 Å². The minimum absolute atomic E-state index is 0.0684. The third-order valence-electron chi connectivity index (χ3n) is 4.66. The molecule has 0 spiro atoms. The highest BCUT2D eigenvalue weighted by molar-refractivity contribution is 7.98. The van der Waals surface area contributed by atoms with Crippen LogP contribution < -0.4 is 15.5 Å². The minimum atomic E-state index is -0.498. The van der Waals surface area contributed by atoms with Gasteiger partial charge in [0.1, 0.15) is 6.04 Å². The van der Waals surface area contributed by atoms with Crippen molar-refractivity contribution in [2.45, 2.75) is 31.2 Å². The van der Waals surface area contributed by atoms with Crippen molar-refractivity contribution in [3.63, 3.8) is 0 Å². The summed E-state index contributed by atoms with van der Waals surface area (Å²) in [6.07, 6.45) is 2.60. The highest BCUT2D eigenvalue weighted by atomic mass is 32.2. The summed E-state index contributed by atoms with van der Waals surface area (Å²) >= 11 is 1.64. The molecule has 0 unspecified atom stereocenters. The number of hydrogen-bond donors (Lipinski definition) is 2. The highest BCUT2D eigenvalue weighted by Gasteiger charge is 2.33. The summed E-state index contributed by atoms with van der Waals surface area (Å²) in [7, 11) is 0. The summed E-state index contributed by atoms with van der Waals surface area (Å²) in [6, 6.07) is 12.7. The van der Waals surface area contributed by atoms with Crippen molar-refractivity contribution in [2.75, 3.05) is 23.0 Å². The number of carbonyl (C=O) groups is 2. The van der Waals surface area contributed by atoms with E-state index in [4.69, 9.17) is 0 Å². The van der Waals surface area contributed by atoms with Crippen molar-refractivity contribution in [3.8, 4) is 0 Å². The summed E-state index contributed by atoms with van der Waals surface area (Å²) in [5.74, 6) is -0.0684. The summed E-state index contributed by atoms with van der Waals surface area (Å²) < 4.78 is 0. The summed E-state index contributed by atoms with van der Waals surface area (Å²) in [5, 5.41) is 5.57. The van der Waals surface area contributed by atoms with Crippen LogP contribution in [-0.2, 0) is 4.79 Å². The first-order valence-corrected chi connectivity index (χ1v) is 9.80. The standard InChI is InChI=1S/C20H23N3O2S/c1-13-4-7-16(12-14(13)2)23-11-10-18(19(23)24)22-20(25)21-15-5-8-17(26-3)9-6-15/h4-9,12,18H,10-11H2,1-3H3,(H2,21,22,25)/t18-/m1/s1. The third kappa shape index (κ3) is 4.02. The maximum Gasteiger partial charge on any atom is 0.319 e. The lowest BCUT2D eigenvalue weighted by Gasteiger charge is -2.18. The predicted octanol–water partition coefficient (Wildman–Crippen LogP) is 3.95. The number of hydrogen-bond acceptors (Lipinski definition) is 3. The SMILES string of the molecule is CSc1ccc(NC(=O)N[C@@H]2CCN(c3ccc(C)c(C)c3)C2=O)cc1. The maximum absolute atomic E-state index is 12.7. The first-order chi connectivity index (χ1) is 12.5. The fourth-order valence-electron chi connectivity index (χ4n) is 2.96. The zero-order valence-corrected chi connectivity index (χ0v) is 16.0. The maximum atomic E-state index is 12.7. The number of rotatable bonds is 4. The van der Waals surface area contributed by atoms with E-state index in [-0.39, 0.29) is 11.9 Å². The number of nitrogens with zero attached hydrogens (tertiary/aromatic N) is 1. The number of carbonyl (C=O) groups excluding carboxylic acids is 2. The topological polar surface area (TPSA) is 61.4 Å². The molecule has 0 bridgehead atoms. The Morgan fingerprint density at radius 1 is 1.12 bits per heavy atom. The van der Waals surface area contributed by atoms with Crippen molar-refractivity contribution in [2.24, 2.45) is 0 Å². The number of nitrogens with one attached hydrogen (secondary N) is 2. The fourth-order valence-corrected chi connectivity index (χ4v) is 3.37. The van der Waals surface area contributed by atoms with Crippen LogP contribution in [0.4, 0.5) is 16.2 Å². The summed E-state index contributed by atoms with van der Waals surface area (Å²) in [6.45, 7) is 4.69. The number of amides is 3. The number of aryl methyl sites for hydroxylation is 2. The van der Waals surface area contributed by atoms with Gasteiger partial charge in [0, 0.05) is 22.8 Å². The van der Waals surface area contributed by atoms with Crippen molar-refractivity contribution in [1.82, 2.24) is 5.32 Å². The van der Waals surface area contributed by atoms with Crippen LogP contribution in [0.3, 0.4) is 0 Å². The second-order valence-electron chi connectivity index (χ2n) is 6.43. The molecule has 3 rings (SSSR count). The van der Waals surface area contributed by atoms with Gasteiger partial charge in [0.05, 0.1) is 0 Å². The van der Waals surface area contributed by atoms with Crippen molar-refractivity contribution in [1.29, 1.82) is 0 Å². The average molecular weight is 369 g/mol. The number of benzene rings is 2. The molecule has 2 aromatic carbocycles. The minimum Gasteiger partial charge on any atom is -0.326 e. The molecule has 0 saturated carbocycles. The molecule has 1 aliphatic rings. The van der Waals surface area contributed by atoms with E-state index in [1.165, 1.54) is 5.56 Å². The molecule has 26 heavy (non-hydrogen) atoms. The number of anilines is 2. The average Bonchev–Trinajstić information content (AvgIpc) is 2.98. The number of thioether (sulfide) groups is 1. The van der Waals surface area contributed by atoms with Gasteiger partial charge < -0.3 is 15.5 Å². The molecule has 1 fully saturated rings. The van der Waals surface area contributed by atoms with Crippen molar-refractivity contribution >= 4 is 35.1 Å². The number of urea groups is 1. The van der Waals surface area contributed by atoms with Gasteiger partial charge in [-0.05, 0) is 74.0 Å². The van der Waals surface area contributed by atoms with E-state index in [1.54, 1.807) is 16.7 Å². The highest BCUT2D eigenvalue weighted by Crippen LogP contribution is 2.24. The molecule has 1 saturated heterocycles. The fraction of sp³-hybridized carbons (Fsp3) is 0.300. The Balaban J connectivity index is 1.60. The van der Waals surface area contributed by atoms with Gasteiger partial charge >= 0.3 is 6.03 Å². The lowest BCUT2D eigenvalue weighted by atomic mass is 10.1. The molecule has 6 heteroatoms. The Labute approximate surface area is 158 Å². The van der Waals surface area contributed by atoms with Crippen LogP contribution in [0.25, 0.3) is 0 Å². The second kappa shape index (κ2) is 7.83. The monoisotopic (exact) mass is 369 g/mol. The lowest BCUT2D eigenvalue weighted by molar-refractivity contribution is -0.118. The van der Waals surface area contributed by atoms with Crippen LogP contribution in [0, 0.1) is 13.8 Å². The van der Waals surface area contributed by atoms with Gasteiger partial charge in [0.15, 0.2) is 0 Å². The summed E-state index contributed by atoms with van der Waals surface area (Å²) in [4.78, 5) is 27.7. The van der Waals surface area contributed by atoms with E-state index in [0.717, 1.165) is 16.1 Å². The molecule has 136 valence electrons. The van der Waals surface area contributed by atoms with E-state index in [0.29, 0.717) is 18.7 Å². The zero-order chi connectivity index (χ0) is 18.7. The Kier molecular flexibility index (Phi) is 5.52. The molecule has 1 heterocycles. The van der Waals surface area contributed by atoms with Gasteiger partial charge in [0.2, 0.25) is 5.91 Å². The molecule has 5 nitrogen and oxygen atoms in total. The Bertz CT molecular complexity index is 820. The molecular formula is C20H23N3O2S. The Morgan fingerprint density at radius 2 is 1.85 bits per heavy atom. The van der Waals surface area contributed by atoms with Crippen LogP contribution in [-0.4, -0.2) is 30.8 Å². The first-order valence-electron chi connectivity index (χ1n) is 8.58. The molecule has 1 atom stereocenters. The lowest BCUT2D eigenvalue weighted by Crippen LogP contribution is -2.43. The third-order valence-corrected chi connectivity index (χ3v) is 5.40. The Morgan fingerprint density at radius 3 is 2.50 bits per heavy atom. The van der Waals surface area contributed by atoms with Crippen LogP contribution in [0.2, 0.25) is 0 Å². The van der Waals surface area contributed by atoms with Crippen LogP contribution >= 0.6 is 11.8 Å². The molecule has 0 aliphatic carbocycles. The van der Waals surface area contributed by atoms with Gasteiger partial charge in [-0.25, -0.2) is 4.79 Å². The van der Waals surface area contributed by atoms with E-state index in [1.807, 2.05) is 62.6 Å². The van der Waals surface area contributed by atoms with Crippen molar-refractivity contribution < 1.29 is 9.59 Å². The first kappa shape index (κ1) is 18.3. The molecule has 3 amide bonds.